The summed E-state index contributed by atoms with van der Waals surface area (Å²) in [5.41, 5.74) is 8.15. The molecule has 1 aromatic carbocycles. The molecule has 2 aromatic rings. The van der Waals surface area contributed by atoms with Gasteiger partial charge in [0.2, 0.25) is 0 Å². The number of benzene rings is 1. The molecule has 1 atom stereocenters. The number of rotatable bonds is 3. The van der Waals surface area contributed by atoms with Gasteiger partial charge in [-0.05, 0) is 31.2 Å². The molecule has 0 saturated carbocycles. The van der Waals surface area contributed by atoms with Crippen LogP contribution in [-0.4, -0.2) is 42.1 Å². The molecule has 0 spiro atoms. The minimum atomic E-state index is 0.556. The third-order valence-electron chi connectivity index (χ3n) is 4.50. The molecule has 1 saturated heterocycles. The van der Waals surface area contributed by atoms with E-state index in [1.165, 1.54) is 10.9 Å². The van der Waals surface area contributed by atoms with Crippen LogP contribution in [0.5, 0.6) is 0 Å². The minimum absolute atomic E-state index is 0.556. The van der Waals surface area contributed by atoms with Crippen LogP contribution in [0.2, 0.25) is 0 Å². The van der Waals surface area contributed by atoms with Crippen molar-refractivity contribution in [1.82, 2.24) is 9.88 Å². The van der Waals surface area contributed by atoms with Gasteiger partial charge < -0.3 is 10.6 Å². The predicted molar refractivity (Wildman–Crippen MR) is 88.6 cm³/mol. The van der Waals surface area contributed by atoms with Crippen LogP contribution in [0.15, 0.2) is 30.3 Å². The second-order valence-corrected chi connectivity index (χ2v) is 5.78. The van der Waals surface area contributed by atoms with Gasteiger partial charge in [-0.2, -0.15) is 0 Å². The second-order valence-electron chi connectivity index (χ2n) is 5.78. The van der Waals surface area contributed by atoms with E-state index in [4.69, 9.17) is 10.7 Å². The Morgan fingerprint density at radius 1 is 1.29 bits per heavy atom. The maximum absolute atomic E-state index is 5.93. The Labute approximate surface area is 126 Å². The Morgan fingerprint density at radius 2 is 2.10 bits per heavy atom. The molecule has 2 N–H and O–H groups in total. The van der Waals surface area contributed by atoms with Crippen molar-refractivity contribution in [2.24, 2.45) is 5.73 Å². The number of anilines is 1. The SMILES string of the molecule is CCN1CCN(c2cc(CN)c3ccccc3n2)CC1C. The number of pyridine rings is 1. The van der Waals surface area contributed by atoms with Crippen molar-refractivity contribution >= 4 is 16.7 Å². The third-order valence-corrected chi connectivity index (χ3v) is 4.50. The summed E-state index contributed by atoms with van der Waals surface area (Å²) in [5, 5.41) is 1.17. The molecule has 4 nitrogen and oxygen atoms in total. The summed E-state index contributed by atoms with van der Waals surface area (Å²) in [6.45, 7) is 9.36. The molecule has 0 aliphatic carbocycles. The minimum Gasteiger partial charge on any atom is -0.354 e. The lowest BCUT2D eigenvalue weighted by Gasteiger charge is -2.40. The number of nitrogens with two attached hydrogens (primary N) is 1. The Morgan fingerprint density at radius 3 is 2.81 bits per heavy atom. The Hall–Kier alpha value is -1.65. The quantitative estimate of drug-likeness (QED) is 0.939. The molecule has 1 aliphatic rings. The van der Waals surface area contributed by atoms with Gasteiger partial charge in [0.15, 0.2) is 0 Å². The number of hydrogen-bond donors (Lipinski definition) is 1. The highest BCUT2D eigenvalue weighted by molar-refractivity contribution is 5.84. The van der Waals surface area contributed by atoms with Crippen LogP contribution in [0.3, 0.4) is 0 Å². The summed E-state index contributed by atoms with van der Waals surface area (Å²) >= 11 is 0. The van der Waals surface area contributed by atoms with Gasteiger partial charge >= 0.3 is 0 Å². The summed E-state index contributed by atoms with van der Waals surface area (Å²) in [5.74, 6) is 1.07. The highest BCUT2D eigenvalue weighted by Gasteiger charge is 2.23. The van der Waals surface area contributed by atoms with Crippen LogP contribution in [0, 0.1) is 0 Å². The number of nitrogens with zero attached hydrogens (tertiary/aromatic N) is 3. The van der Waals surface area contributed by atoms with Gasteiger partial charge in [-0.1, -0.05) is 25.1 Å². The molecule has 1 fully saturated rings. The first kappa shape index (κ1) is 14.3. The molecule has 4 heteroatoms. The Balaban J connectivity index is 1.94. The fraction of sp³-hybridized carbons (Fsp3) is 0.471. The lowest BCUT2D eigenvalue weighted by molar-refractivity contribution is 0.199. The highest BCUT2D eigenvalue weighted by atomic mass is 15.3. The smallest absolute Gasteiger partial charge is 0.129 e. The maximum Gasteiger partial charge on any atom is 0.129 e. The number of para-hydroxylation sites is 1. The first-order chi connectivity index (χ1) is 10.2. The van der Waals surface area contributed by atoms with E-state index in [0.29, 0.717) is 12.6 Å². The molecule has 1 unspecified atom stereocenters. The number of hydrogen-bond acceptors (Lipinski definition) is 4. The van der Waals surface area contributed by atoms with Gasteiger partial charge in [-0.25, -0.2) is 4.98 Å². The zero-order chi connectivity index (χ0) is 14.8. The molecule has 0 radical (unpaired) electrons. The van der Waals surface area contributed by atoms with E-state index < -0.39 is 0 Å². The van der Waals surface area contributed by atoms with E-state index in [-0.39, 0.29) is 0 Å². The fourth-order valence-corrected chi connectivity index (χ4v) is 3.24. The van der Waals surface area contributed by atoms with Gasteiger partial charge in [-0.3, -0.25) is 4.90 Å². The third kappa shape index (κ3) is 2.74. The molecular formula is C17H24N4. The van der Waals surface area contributed by atoms with Crippen molar-refractivity contribution in [3.05, 3.63) is 35.9 Å². The lowest BCUT2D eigenvalue weighted by atomic mass is 10.1. The zero-order valence-electron chi connectivity index (χ0n) is 12.9. The zero-order valence-corrected chi connectivity index (χ0v) is 12.9. The monoisotopic (exact) mass is 284 g/mol. The average molecular weight is 284 g/mol. The van der Waals surface area contributed by atoms with E-state index >= 15 is 0 Å². The topological polar surface area (TPSA) is 45.4 Å². The van der Waals surface area contributed by atoms with Gasteiger partial charge in [0, 0.05) is 37.6 Å². The van der Waals surface area contributed by atoms with Crippen molar-refractivity contribution in [1.29, 1.82) is 0 Å². The molecule has 112 valence electrons. The standard InChI is InChI=1S/C17H24N4/c1-3-20-8-9-21(12-13(20)2)17-10-14(11-18)15-6-4-5-7-16(15)19-17/h4-7,10,13H,3,8-9,11-12,18H2,1-2H3. The number of fused-ring (bicyclic) bond motifs is 1. The van der Waals surface area contributed by atoms with E-state index in [1.54, 1.807) is 0 Å². The summed E-state index contributed by atoms with van der Waals surface area (Å²) in [6, 6.07) is 11.0. The molecular weight excluding hydrogens is 260 g/mol. The van der Waals surface area contributed by atoms with E-state index in [2.05, 4.69) is 41.8 Å². The van der Waals surface area contributed by atoms with Gasteiger partial charge in [0.1, 0.15) is 5.82 Å². The van der Waals surface area contributed by atoms with Crippen molar-refractivity contribution in [2.75, 3.05) is 31.1 Å². The molecule has 0 amide bonds. The van der Waals surface area contributed by atoms with Crippen molar-refractivity contribution in [3.8, 4) is 0 Å². The van der Waals surface area contributed by atoms with Crippen molar-refractivity contribution in [3.63, 3.8) is 0 Å². The average Bonchev–Trinajstić information content (AvgIpc) is 2.53. The van der Waals surface area contributed by atoms with Crippen LogP contribution in [0.1, 0.15) is 19.4 Å². The molecule has 1 aliphatic heterocycles. The molecule has 0 bridgehead atoms. The Bertz CT molecular complexity index is 625. The van der Waals surface area contributed by atoms with Crippen LogP contribution < -0.4 is 10.6 Å². The molecule has 21 heavy (non-hydrogen) atoms. The van der Waals surface area contributed by atoms with Crippen LogP contribution in [0.25, 0.3) is 10.9 Å². The molecule has 1 aromatic heterocycles. The van der Waals surface area contributed by atoms with Gasteiger partial charge in [0.25, 0.3) is 0 Å². The first-order valence-corrected chi connectivity index (χ1v) is 7.80. The molecule has 2 heterocycles. The first-order valence-electron chi connectivity index (χ1n) is 7.80. The summed E-state index contributed by atoms with van der Waals surface area (Å²) in [7, 11) is 0. The van der Waals surface area contributed by atoms with Gasteiger partial charge in [-0.15, -0.1) is 0 Å². The van der Waals surface area contributed by atoms with Crippen LogP contribution >= 0.6 is 0 Å². The Kier molecular flexibility index (Phi) is 4.08. The predicted octanol–water partition coefficient (Wildman–Crippen LogP) is 2.22. The number of piperazine rings is 1. The van der Waals surface area contributed by atoms with Gasteiger partial charge in [0.05, 0.1) is 5.52 Å². The summed E-state index contributed by atoms with van der Waals surface area (Å²) in [6.07, 6.45) is 0. The largest absolute Gasteiger partial charge is 0.354 e. The van der Waals surface area contributed by atoms with E-state index in [1.807, 2.05) is 12.1 Å². The van der Waals surface area contributed by atoms with Crippen molar-refractivity contribution in [2.45, 2.75) is 26.4 Å². The number of aromatic nitrogens is 1. The van der Waals surface area contributed by atoms with E-state index in [0.717, 1.165) is 37.5 Å². The van der Waals surface area contributed by atoms with Crippen LogP contribution in [0.4, 0.5) is 5.82 Å². The van der Waals surface area contributed by atoms with E-state index in [9.17, 15) is 0 Å². The normalized spacial score (nSPS) is 20.1. The second kappa shape index (κ2) is 6.00. The molecule has 3 rings (SSSR count). The van der Waals surface area contributed by atoms with Crippen LogP contribution in [-0.2, 0) is 6.54 Å². The van der Waals surface area contributed by atoms with Crippen molar-refractivity contribution < 1.29 is 0 Å². The summed E-state index contributed by atoms with van der Waals surface area (Å²) < 4.78 is 0. The maximum atomic E-state index is 5.93. The summed E-state index contributed by atoms with van der Waals surface area (Å²) in [4.78, 5) is 9.75. The lowest BCUT2D eigenvalue weighted by Crippen LogP contribution is -2.52. The highest BCUT2D eigenvalue weighted by Crippen LogP contribution is 2.24. The number of likely N-dealkylation sites (N-methyl/N-ethyl adjacent to an activating group) is 1. The fourth-order valence-electron chi connectivity index (χ4n) is 3.24.